The van der Waals surface area contributed by atoms with Gasteiger partial charge in [-0.25, -0.2) is 8.42 Å². The summed E-state index contributed by atoms with van der Waals surface area (Å²) in [5.74, 6) is -0.446. The molecule has 40 heavy (non-hydrogen) atoms. The number of hydrogen-bond acceptors (Lipinski definition) is 4. The first-order valence-electron chi connectivity index (χ1n) is 13.3. The van der Waals surface area contributed by atoms with Gasteiger partial charge in [-0.2, -0.15) is 0 Å². The van der Waals surface area contributed by atoms with Crippen molar-refractivity contribution in [3.8, 4) is 0 Å². The summed E-state index contributed by atoms with van der Waals surface area (Å²) >= 11 is 3.45. The minimum atomic E-state index is -3.54. The van der Waals surface area contributed by atoms with Crippen LogP contribution in [-0.2, 0) is 32.6 Å². The molecule has 0 heterocycles. The Hall–Kier alpha value is -3.17. The topological polar surface area (TPSA) is 86.8 Å². The maximum Gasteiger partial charge on any atom is 0.243 e. The van der Waals surface area contributed by atoms with E-state index in [2.05, 4.69) is 21.2 Å². The zero-order valence-corrected chi connectivity index (χ0v) is 25.9. The molecule has 1 atom stereocenters. The number of halogens is 1. The minimum absolute atomic E-state index is 0.0868. The van der Waals surface area contributed by atoms with Gasteiger partial charge < -0.3 is 10.2 Å². The molecule has 1 unspecified atom stereocenters. The highest BCUT2D eigenvalue weighted by molar-refractivity contribution is 9.10. The Morgan fingerprint density at radius 1 is 0.875 bits per heavy atom. The summed E-state index contributed by atoms with van der Waals surface area (Å²) in [5, 5.41) is 3.06. The van der Waals surface area contributed by atoms with E-state index in [0.29, 0.717) is 18.5 Å². The van der Waals surface area contributed by atoms with Crippen molar-refractivity contribution in [1.29, 1.82) is 0 Å². The van der Waals surface area contributed by atoms with E-state index in [-0.39, 0.29) is 31.3 Å². The zero-order chi connectivity index (χ0) is 29.3. The van der Waals surface area contributed by atoms with Gasteiger partial charge in [0.25, 0.3) is 0 Å². The van der Waals surface area contributed by atoms with Crippen LogP contribution in [0.5, 0.6) is 0 Å². The summed E-state index contributed by atoms with van der Waals surface area (Å²) in [7, 11) is -3.54. The van der Waals surface area contributed by atoms with Gasteiger partial charge in [0.05, 0.1) is 11.9 Å². The lowest BCUT2D eigenvalue weighted by molar-refractivity contribution is -0.142. The minimum Gasteiger partial charge on any atom is -0.350 e. The normalized spacial score (nSPS) is 12.4. The molecule has 0 bridgehead atoms. The second-order valence-corrected chi connectivity index (χ2v) is 13.7. The average Bonchev–Trinajstić information content (AvgIpc) is 2.89. The van der Waals surface area contributed by atoms with Crippen molar-refractivity contribution in [2.45, 2.75) is 58.2 Å². The van der Waals surface area contributed by atoms with E-state index in [4.69, 9.17) is 0 Å². The first-order chi connectivity index (χ1) is 18.8. The molecule has 0 spiro atoms. The Labute approximate surface area is 246 Å². The monoisotopic (exact) mass is 627 g/mol. The lowest BCUT2D eigenvalue weighted by atomic mass is 10.00. The largest absolute Gasteiger partial charge is 0.350 e. The highest BCUT2D eigenvalue weighted by Gasteiger charge is 2.32. The molecule has 0 saturated carbocycles. The molecular weight excluding hydrogens is 590 g/mol. The third-order valence-electron chi connectivity index (χ3n) is 6.23. The highest BCUT2D eigenvalue weighted by atomic mass is 79.9. The number of carbonyl (C=O) groups excluding carboxylic acids is 2. The highest BCUT2D eigenvalue weighted by Crippen LogP contribution is 2.21. The Morgan fingerprint density at radius 2 is 1.45 bits per heavy atom. The molecule has 214 valence electrons. The predicted octanol–water partition coefficient (Wildman–Crippen LogP) is 5.55. The van der Waals surface area contributed by atoms with Crippen molar-refractivity contribution in [3.05, 3.63) is 101 Å². The molecule has 0 aliphatic rings. The first-order valence-corrected chi connectivity index (χ1v) is 15.9. The fraction of sp³-hybridized carbons (Fsp3) is 0.355. The zero-order valence-electron chi connectivity index (χ0n) is 23.5. The number of nitrogens with zero attached hydrogens (tertiary/aromatic N) is 2. The molecule has 0 aromatic heterocycles. The molecule has 2 amide bonds. The van der Waals surface area contributed by atoms with E-state index in [9.17, 15) is 18.0 Å². The van der Waals surface area contributed by atoms with Gasteiger partial charge in [0.1, 0.15) is 6.04 Å². The number of carbonyl (C=O) groups is 2. The van der Waals surface area contributed by atoms with Gasteiger partial charge in [-0.05, 0) is 62.6 Å². The maximum atomic E-state index is 13.9. The third kappa shape index (κ3) is 9.78. The number of hydrogen-bond donors (Lipinski definition) is 1. The fourth-order valence-corrected chi connectivity index (χ4v) is 5.62. The van der Waals surface area contributed by atoms with Crippen molar-refractivity contribution in [2.75, 3.05) is 17.1 Å². The van der Waals surface area contributed by atoms with Crippen LogP contribution in [0.25, 0.3) is 0 Å². The standard InChI is InChI=1S/C31H38BrN3O4S/c1-31(2,3)33-30(37)28(22-24-12-7-5-8-13-24)34(23-25-17-19-26(32)20-18-25)29(36)16-11-21-35(40(4,38)39)27-14-9-6-10-15-27/h5-10,12-15,17-20,28H,11,16,21-23H2,1-4H3,(H,33,37). The second-order valence-electron chi connectivity index (χ2n) is 10.9. The van der Waals surface area contributed by atoms with Gasteiger partial charge in [0.15, 0.2) is 0 Å². The van der Waals surface area contributed by atoms with Crippen LogP contribution in [0.1, 0.15) is 44.7 Å². The maximum absolute atomic E-state index is 13.9. The molecule has 0 aliphatic carbocycles. The smallest absolute Gasteiger partial charge is 0.243 e. The molecule has 3 aromatic rings. The van der Waals surface area contributed by atoms with Crippen LogP contribution in [0, 0.1) is 0 Å². The molecule has 9 heteroatoms. The summed E-state index contributed by atoms with van der Waals surface area (Å²) < 4.78 is 27.3. The van der Waals surface area contributed by atoms with Crippen LogP contribution in [0.2, 0.25) is 0 Å². The van der Waals surface area contributed by atoms with E-state index >= 15 is 0 Å². The number of para-hydroxylation sites is 1. The molecule has 3 rings (SSSR count). The Kier molecular flexibility index (Phi) is 10.9. The number of sulfonamides is 1. The van der Waals surface area contributed by atoms with Gasteiger partial charge in [0.2, 0.25) is 21.8 Å². The Morgan fingerprint density at radius 3 is 2.00 bits per heavy atom. The number of amides is 2. The van der Waals surface area contributed by atoms with Gasteiger partial charge in [-0.3, -0.25) is 13.9 Å². The van der Waals surface area contributed by atoms with Crippen molar-refractivity contribution < 1.29 is 18.0 Å². The summed E-state index contributed by atoms with van der Waals surface area (Å²) in [4.78, 5) is 29.1. The predicted molar refractivity (Wildman–Crippen MR) is 164 cm³/mol. The lowest BCUT2D eigenvalue weighted by Gasteiger charge is -2.34. The van der Waals surface area contributed by atoms with E-state index in [1.165, 1.54) is 4.31 Å². The lowest BCUT2D eigenvalue weighted by Crippen LogP contribution is -2.54. The van der Waals surface area contributed by atoms with E-state index in [1.54, 1.807) is 29.2 Å². The van der Waals surface area contributed by atoms with Gasteiger partial charge in [-0.15, -0.1) is 0 Å². The first kappa shape index (κ1) is 31.4. The van der Waals surface area contributed by atoms with Gasteiger partial charge in [-0.1, -0.05) is 76.6 Å². The van der Waals surface area contributed by atoms with Crippen LogP contribution in [0.3, 0.4) is 0 Å². The number of benzene rings is 3. The molecule has 3 aromatic carbocycles. The van der Waals surface area contributed by atoms with Crippen molar-refractivity contribution in [3.63, 3.8) is 0 Å². The summed E-state index contributed by atoms with van der Waals surface area (Å²) in [5.41, 5.74) is 1.90. The summed E-state index contributed by atoms with van der Waals surface area (Å²) in [6, 6.07) is 25.4. The van der Waals surface area contributed by atoms with Crippen LogP contribution < -0.4 is 9.62 Å². The molecular formula is C31H38BrN3O4S. The number of anilines is 1. The van der Waals surface area contributed by atoms with E-state index in [1.807, 2.05) is 81.4 Å². The van der Waals surface area contributed by atoms with Gasteiger partial charge in [0, 0.05) is 35.9 Å². The van der Waals surface area contributed by atoms with E-state index < -0.39 is 21.6 Å². The Balaban J connectivity index is 1.89. The summed E-state index contributed by atoms with van der Waals surface area (Å²) in [6.07, 6.45) is 1.90. The average molecular weight is 629 g/mol. The van der Waals surface area contributed by atoms with Crippen LogP contribution in [-0.4, -0.2) is 49.5 Å². The Bertz CT molecular complexity index is 1360. The van der Waals surface area contributed by atoms with Crippen LogP contribution >= 0.6 is 15.9 Å². The van der Waals surface area contributed by atoms with Crippen molar-refractivity contribution >= 4 is 43.5 Å². The number of rotatable bonds is 12. The van der Waals surface area contributed by atoms with Crippen LogP contribution in [0.15, 0.2) is 89.4 Å². The van der Waals surface area contributed by atoms with Gasteiger partial charge >= 0.3 is 0 Å². The van der Waals surface area contributed by atoms with E-state index in [0.717, 1.165) is 21.9 Å². The third-order valence-corrected chi connectivity index (χ3v) is 7.95. The molecule has 1 N–H and O–H groups in total. The molecule has 0 aliphatic heterocycles. The van der Waals surface area contributed by atoms with Crippen LogP contribution in [0.4, 0.5) is 5.69 Å². The fourth-order valence-electron chi connectivity index (χ4n) is 4.39. The molecule has 0 fully saturated rings. The van der Waals surface area contributed by atoms with Crippen molar-refractivity contribution in [1.82, 2.24) is 10.2 Å². The SMILES string of the molecule is CC(C)(C)NC(=O)C(Cc1ccccc1)N(Cc1ccc(Br)cc1)C(=O)CCCN(c1ccccc1)S(C)(=O)=O. The second kappa shape index (κ2) is 13.9. The molecule has 0 radical (unpaired) electrons. The summed E-state index contributed by atoms with van der Waals surface area (Å²) in [6.45, 7) is 6.13. The molecule has 0 saturated heterocycles. The molecule has 7 nitrogen and oxygen atoms in total. The van der Waals surface area contributed by atoms with Crippen molar-refractivity contribution in [2.24, 2.45) is 0 Å². The quantitative estimate of drug-likeness (QED) is 0.285. The number of nitrogens with one attached hydrogen (secondary N) is 1.